The Bertz CT molecular complexity index is 400. The van der Waals surface area contributed by atoms with Gasteiger partial charge in [-0.1, -0.05) is 0 Å². The number of halogens is 2. The fraction of sp³-hybridized carbons (Fsp3) is 0.583. The molecule has 7 heteroatoms. The Morgan fingerprint density at radius 2 is 2.05 bits per heavy atom. The third kappa shape index (κ3) is 4.68. The van der Waals surface area contributed by atoms with Crippen molar-refractivity contribution in [1.82, 2.24) is 10.2 Å². The zero-order chi connectivity index (χ0) is 12.1. The van der Waals surface area contributed by atoms with Gasteiger partial charge in [0.1, 0.15) is 18.1 Å². The van der Waals surface area contributed by atoms with Gasteiger partial charge in [0.25, 0.3) is 0 Å². The van der Waals surface area contributed by atoms with E-state index in [1.54, 1.807) is 6.07 Å². The van der Waals surface area contributed by atoms with Gasteiger partial charge >= 0.3 is 0 Å². The first kappa shape index (κ1) is 18.2. The van der Waals surface area contributed by atoms with Gasteiger partial charge in [0, 0.05) is 26.2 Å². The summed E-state index contributed by atoms with van der Waals surface area (Å²) in [6, 6.07) is 5.83. The number of rotatable bonds is 4. The van der Waals surface area contributed by atoms with Crippen LogP contribution in [-0.4, -0.2) is 36.2 Å². The quantitative estimate of drug-likeness (QED) is 0.881. The van der Waals surface area contributed by atoms with Crippen LogP contribution < -0.4 is 5.32 Å². The van der Waals surface area contributed by atoms with Crippen molar-refractivity contribution in [2.75, 3.05) is 26.2 Å². The number of aliphatic hydroxyl groups excluding tert-OH is 1. The summed E-state index contributed by atoms with van der Waals surface area (Å²) in [5, 5.41) is 21.2. The molecule has 1 aliphatic heterocycles. The molecule has 0 aromatic carbocycles. The summed E-state index contributed by atoms with van der Waals surface area (Å²) in [5.74, 6) is 1.33. The lowest BCUT2D eigenvalue weighted by molar-refractivity contribution is 0.151. The predicted octanol–water partition coefficient (Wildman–Crippen LogP) is 1.48. The maximum Gasteiger partial charge on any atom is 0.129 e. The molecule has 1 aromatic rings. The highest BCUT2D eigenvalue weighted by molar-refractivity contribution is 5.85. The van der Waals surface area contributed by atoms with E-state index in [2.05, 4.69) is 16.3 Å². The highest BCUT2D eigenvalue weighted by Crippen LogP contribution is 2.26. The second-order valence-electron chi connectivity index (χ2n) is 4.13. The number of furan rings is 1. The maximum atomic E-state index is 8.99. The van der Waals surface area contributed by atoms with Crippen molar-refractivity contribution < 1.29 is 9.52 Å². The fourth-order valence-electron chi connectivity index (χ4n) is 2.15. The molecule has 0 radical (unpaired) electrons. The lowest BCUT2D eigenvalue weighted by Crippen LogP contribution is -2.45. The maximum absolute atomic E-state index is 8.99. The third-order valence-electron chi connectivity index (χ3n) is 3.04. The number of aliphatic hydroxyl groups is 1. The molecule has 2 N–H and O–H groups in total. The molecule has 0 saturated carbocycles. The van der Waals surface area contributed by atoms with Gasteiger partial charge in [-0.05, 0) is 12.1 Å². The zero-order valence-corrected chi connectivity index (χ0v) is 12.2. The second kappa shape index (κ2) is 9.18. The molecule has 0 spiro atoms. The number of nitrogens with zero attached hydrogens (tertiary/aromatic N) is 2. The molecule has 1 aliphatic rings. The van der Waals surface area contributed by atoms with Crippen LogP contribution in [0.3, 0.4) is 0 Å². The number of hydrogen-bond donors (Lipinski definition) is 2. The highest BCUT2D eigenvalue weighted by atomic mass is 35.5. The van der Waals surface area contributed by atoms with Crippen LogP contribution in [0.15, 0.2) is 16.5 Å². The summed E-state index contributed by atoms with van der Waals surface area (Å²) in [6.07, 6.45) is 0.415. The first-order valence-corrected chi connectivity index (χ1v) is 5.86. The predicted molar refractivity (Wildman–Crippen MR) is 76.5 cm³/mol. The summed E-state index contributed by atoms with van der Waals surface area (Å²) >= 11 is 0. The molecule has 108 valence electrons. The van der Waals surface area contributed by atoms with Gasteiger partial charge in [-0.25, -0.2) is 0 Å². The first-order valence-electron chi connectivity index (χ1n) is 5.86. The van der Waals surface area contributed by atoms with Crippen LogP contribution >= 0.6 is 24.8 Å². The van der Waals surface area contributed by atoms with Crippen LogP contribution in [0.5, 0.6) is 0 Å². The van der Waals surface area contributed by atoms with E-state index < -0.39 is 0 Å². The molecule has 2 heterocycles. The van der Waals surface area contributed by atoms with Crippen LogP contribution in [-0.2, 0) is 6.61 Å². The van der Waals surface area contributed by atoms with Crippen molar-refractivity contribution >= 4 is 24.8 Å². The molecule has 1 saturated heterocycles. The summed E-state index contributed by atoms with van der Waals surface area (Å²) in [7, 11) is 0. The Morgan fingerprint density at radius 1 is 1.37 bits per heavy atom. The minimum Gasteiger partial charge on any atom is -0.462 e. The minimum atomic E-state index is -0.0964. The van der Waals surface area contributed by atoms with Gasteiger partial charge in [-0.15, -0.1) is 24.8 Å². The smallest absolute Gasteiger partial charge is 0.129 e. The molecule has 5 nitrogen and oxygen atoms in total. The number of piperazine rings is 1. The SMILES string of the molecule is Cl.Cl.N#CC[C@@H](c1ccc(CO)o1)N1CCNCC1. The average Bonchev–Trinajstić information content (AvgIpc) is 2.85. The number of nitrogens with one attached hydrogen (secondary N) is 1. The Morgan fingerprint density at radius 3 is 2.58 bits per heavy atom. The minimum absolute atomic E-state index is 0. The fourth-order valence-corrected chi connectivity index (χ4v) is 2.15. The normalized spacial score (nSPS) is 16.8. The van der Waals surface area contributed by atoms with E-state index >= 15 is 0 Å². The van der Waals surface area contributed by atoms with E-state index in [0.717, 1.165) is 31.9 Å². The van der Waals surface area contributed by atoms with Gasteiger partial charge in [0.15, 0.2) is 0 Å². The van der Waals surface area contributed by atoms with Crippen LogP contribution in [0.2, 0.25) is 0 Å². The van der Waals surface area contributed by atoms with Crippen molar-refractivity contribution in [3.8, 4) is 6.07 Å². The topological polar surface area (TPSA) is 72.4 Å². The summed E-state index contributed by atoms with van der Waals surface area (Å²) in [5.41, 5.74) is 0. The van der Waals surface area contributed by atoms with E-state index in [-0.39, 0.29) is 37.5 Å². The lowest BCUT2D eigenvalue weighted by atomic mass is 10.1. The van der Waals surface area contributed by atoms with Gasteiger partial charge in [0.05, 0.1) is 18.5 Å². The van der Waals surface area contributed by atoms with Gasteiger partial charge < -0.3 is 14.8 Å². The average molecular weight is 308 g/mol. The Balaban J connectivity index is 0.00000162. The summed E-state index contributed by atoms with van der Waals surface area (Å²) in [4.78, 5) is 2.25. The van der Waals surface area contributed by atoms with Gasteiger partial charge in [-0.2, -0.15) is 5.26 Å². The van der Waals surface area contributed by atoms with Crippen LogP contribution in [0.25, 0.3) is 0 Å². The molecular formula is C12H19Cl2N3O2. The van der Waals surface area contributed by atoms with Crippen molar-refractivity contribution in [2.45, 2.75) is 19.1 Å². The molecule has 1 aromatic heterocycles. The van der Waals surface area contributed by atoms with Crippen molar-refractivity contribution in [3.63, 3.8) is 0 Å². The Labute approximate surface area is 125 Å². The van der Waals surface area contributed by atoms with E-state index in [1.807, 2.05) is 6.07 Å². The summed E-state index contributed by atoms with van der Waals surface area (Å²) in [6.45, 7) is 3.62. The highest BCUT2D eigenvalue weighted by Gasteiger charge is 2.24. The van der Waals surface area contributed by atoms with Crippen LogP contribution in [0, 0.1) is 11.3 Å². The van der Waals surface area contributed by atoms with E-state index in [0.29, 0.717) is 12.2 Å². The number of nitriles is 1. The molecular weight excluding hydrogens is 289 g/mol. The molecule has 19 heavy (non-hydrogen) atoms. The van der Waals surface area contributed by atoms with Gasteiger partial charge in [0.2, 0.25) is 0 Å². The molecule has 0 unspecified atom stereocenters. The van der Waals surface area contributed by atoms with E-state index in [4.69, 9.17) is 14.8 Å². The van der Waals surface area contributed by atoms with E-state index in [1.165, 1.54) is 0 Å². The van der Waals surface area contributed by atoms with Crippen molar-refractivity contribution in [3.05, 3.63) is 23.7 Å². The van der Waals surface area contributed by atoms with Crippen molar-refractivity contribution in [2.24, 2.45) is 0 Å². The van der Waals surface area contributed by atoms with Gasteiger partial charge in [-0.3, -0.25) is 4.90 Å². The third-order valence-corrected chi connectivity index (χ3v) is 3.04. The molecule has 1 atom stereocenters. The van der Waals surface area contributed by atoms with Crippen LogP contribution in [0.4, 0.5) is 0 Å². The summed E-state index contributed by atoms with van der Waals surface area (Å²) < 4.78 is 5.54. The first-order chi connectivity index (χ1) is 8.35. The zero-order valence-electron chi connectivity index (χ0n) is 10.5. The monoisotopic (exact) mass is 307 g/mol. The lowest BCUT2D eigenvalue weighted by Gasteiger charge is -2.32. The van der Waals surface area contributed by atoms with Crippen molar-refractivity contribution in [1.29, 1.82) is 5.26 Å². The standard InChI is InChI=1S/C12H17N3O2.2ClH/c13-4-3-11(15-7-5-14-6-8-15)12-2-1-10(9-16)17-12;;/h1-2,11,14,16H,3,5-9H2;2*1H/t11-;;/m0../s1. The Hall–Kier alpha value is -0.770. The second-order valence-corrected chi connectivity index (χ2v) is 4.13. The Kier molecular flexibility index (Phi) is 8.81. The number of hydrogen-bond acceptors (Lipinski definition) is 5. The molecule has 0 aliphatic carbocycles. The molecule has 2 rings (SSSR count). The molecule has 0 amide bonds. The van der Waals surface area contributed by atoms with Crippen LogP contribution in [0.1, 0.15) is 24.0 Å². The largest absolute Gasteiger partial charge is 0.462 e. The molecule has 0 bridgehead atoms. The van der Waals surface area contributed by atoms with E-state index in [9.17, 15) is 0 Å². The molecule has 1 fully saturated rings.